The maximum atomic E-state index is 11.3. The van der Waals surface area contributed by atoms with Gasteiger partial charge in [-0.15, -0.1) is 0 Å². The summed E-state index contributed by atoms with van der Waals surface area (Å²) in [5.74, 6) is 0.0955. The second kappa shape index (κ2) is 5.08. The molecule has 1 aliphatic rings. The van der Waals surface area contributed by atoms with Crippen LogP contribution in [0.15, 0.2) is 24.3 Å². The standard InChI is InChI=1S/C13H17NO3/c1-17-13(16)9-11-3-2-8-14(11)10-4-6-12(15)7-5-10/h4-7,11,15H,2-3,8-9H2,1H3/t11-/m0/s1. The van der Waals surface area contributed by atoms with Crippen LogP contribution in [0, 0.1) is 0 Å². The molecular formula is C13H17NO3. The number of carbonyl (C=O) groups excluding carboxylic acids is 1. The third-order valence-corrected chi connectivity index (χ3v) is 3.19. The molecule has 4 heteroatoms. The highest BCUT2D eigenvalue weighted by atomic mass is 16.5. The SMILES string of the molecule is COC(=O)C[C@@H]1CCCN1c1ccc(O)cc1. The summed E-state index contributed by atoms with van der Waals surface area (Å²) in [6, 6.07) is 7.31. The molecule has 2 rings (SSSR count). The zero-order valence-electron chi connectivity index (χ0n) is 9.93. The summed E-state index contributed by atoms with van der Waals surface area (Å²) in [4.78, 5) is 13.5. The number of nitrogens with zero attached hydrogens (tertiary/aromatic N) is 1. The number of esters is 1. The van der Waals surface area contributed by atoms with Crippen molar-refractivity contribution in [1.82, 2.24) is 0 Å². The van der Waals surface area contributed by atoms with Gasteiger partial charge in [-0.1, -0.05) is 0 Å². The molecule has 1 aromatic rings. The van der Waals surface area contributed by atoms with Gasteiger partial charge in [0.05, 0.1) is 13.5 Å². The number of phenols is 1. The Morgan fingerprint density at radius 2 is 2.18 bits per heavy atom. The predicted octanol–water partition coefficient (Wildman–Crippen LogP) is 1.92. The molecule has 0 radical (unpaired) electrons. The van der Waals surface area contributed by atoms with Gasteiger partial charge in [-0.05, 0) is 37.1 Å². The monoisotopic (exact) mass is 235 g/mol. The Kier molecular flexibility index (Phi) is 3.52. The highest BCUT2D eigenvalue weighted by molar-refractivity contribution is 5.71. The van der Waals surface area contributed by atoms with Crippen molar-refractivity contribution >= 4 is 11.7 Å². The van der Waals surface area contributed by atoms with Crippen molar-refractivity contribution in [3.8, 4) is 5.75 Å². The number of hydrogen-bond donors (Lipinski definition) is 1. The molecule has 1 aromatic carbocycles. The molecule has 0 aliphatic carbocycles. The summed E-state index contributed by atoms with van der Waals surface area (Å²) in [5, 5.41) is 9.26. The molecule has 1 heterocycles. The Morgan fingerprint density at radius 1 is 1.47 bits per heavy atom. The fourth-order valence-corrected chi connectivity index (χ4v) is 2.31. The number of aromatic hydroxyl groups is 1. The van der Waals surface area contributed by atoms with E-state index in [9.17, 15) is 9.90 Å². The molecule has 0 amide bonds. The molecule has 92 valence electrons. The van der Waals surface area contributed by atoms with Crippen molar-refractivity contribution in [2.24, 2.45) is 0 Å². The van der Waals surface area contributed by atoms with Gasteiger partial charge < -0.3 is 14.7 Å². The van der Waals surface area contributed by atoms with E-state index in [2.05, 4.69) is 4.90 Å². The quantitative estimate of drug-likeness (QED) is 0.813. The number of rotatable bonds is 3. The molecule has 0 saturated carbocycles. The van der Waals surface area contributed by atoms with Crippen molar-refractivity contribution in [3.05, 3.63) is 24.3 Å². The van der Waals surface area contributed by atoms with E-state index < -0.39 is 0 Å². The summed E-state index contributed by atoms with van der Waals surface area (Å²) in [7, 11) is 1.42. The molecule has 1 aliphatic heterocycles. The van der Waals surface area contributed by atoms with E-state index in [-0.39, 0.29) is 17.8 Å². The van der Waals surface area contributed by atoms with Crippen LogP contribution in [-0.4, -0.2) is 30.8 Å². The Bertz CT molecular complexity index is 388. The average molecular weight is 235 g/mol. The topological polar surface area (TPSA) is 49.8 Å². The molecule has 4 nitrogen and oxygen atoms in total. The van der Waals surface area contributed by atoms with Crippen LogP contribution < -0.4 is 4.90 Å². The van der Waals surface area contributed by atoms with Gasteiger partial charge in [0.1, 0.15) is 5.75 Å². The molecule has 1 atom stereocenters. The van der Waals surface area contributed by atoms with Crippen molar-refractivity contribution < 1.29 is 14.6 Å². The second-order valence-corrected chi connectivity index (χ2v) is 4.29. The zero-order valence-corrected chi connectivity index (χ0v) is 9.93. The lowest BCUT2D eigenvalue weighted by atomic mass is 10.1. The van der Waals surface area contributed by atoms with Crippen LogP contribution in [-0.2, 0) is 9.53 Å². The third kappa shape index (κ3) is 2.70. The van der Waals surface area contributed by atoms with Crippen molar-refractivity contribution in [1.29, 1.82) is 0 Å². The van der Waals surface area contributed by atoms with Gasteiger partial charge in [0.25, 0.3) is 0 Å². The van der Waals surface area contributed by atoms with Crippen molar-refractivity contribution in [2.75, 3.05) is 18.6 Å². The molecule has 0 bridgehead atoms. The highest BCUT2D eigenvalue weighted by Gasteiger charge is 2.27. The Hall–Kier alpha value is -1.71. The number of hydrogen-bond acceptors (Lipinski definition) is 4. The van der Waals surface area contributed by atoms with Gasteiger partial charge in [0, 0.05) is 18.3 Å². The summed E-state index contributed by atoms with van der Waals surface area (Å²) in [6.45, 7) is 0.951. The van der Waals surface area contributed by atoms with E-state index in [1.165, 1.54) is 7.11 Å². The van der Waals surface area contributed by atoms with E-state index in [1.807, 2.05) is 12.1 Å². The summed E-state index contributed by atoms with van der Waals surface area (Å²) in [6.07, 6.45) is 2.52. The van der Waals surface area contributed by atoms with Crippen LogP contribution in [0.25, 0.3) is 0 Å². The minimum atomic E-state index is -0.166. The molecular weight excluding hydrogens is 218 g/mol. The second-order valence-electron chi connectivity index (χ2n) is 4.29. The number of anilines is 1. The number of phenolic OH excluding ortho intramolecular Hbond substituents is 1. The molecule has 17 heavy (non-hydrogen) atoms. The minimum absolute atomic E-state index is 0.166. The molecule has 1 N–H and O–H groups in total. The number of benzene rings is 1. The van der Waals surface area contributed by atoms with Crippen molar-refractivity contribution in [3.63, 3.8) is 0 Å². The predicted molar refractivity (Wildman–Crippen MR) is 65.1 cm³/mol. The molecule has 1 fully saturated rings. The van der Waals surface area contributed by atoms with Crippen LogP contribution in [0.3, 0.4) is 0 Å². The highest BCUT2D eigenvalue weighted by Crippen LogP contribution is 2.28. The van der Waals surface area contributed by atoms with Gasteiger partial charge >= 0.3 is 5.97 Å². The van der Waals surface area contributed by atoms with Crippen LogP contribution in [0.5, 0.6) is 5.75 Å². The Labute approximate surface area is 101 Å². The van der Waals surface area contributed by atoms with E-state index >= 15 is 0 Å². The summed E-state index contributed by atoms with van der Waals surface area (Å²) < 4.78 is 4.71. The maximum absolute atomic E-state index is 11.3. The lowest BCUT2D eigenvalue weighted by Gasteiger charge is -2.26. The van der Waals surface area contributed by atoms with Crippen molar-refractivity contribution in [2.45, 2.75) is 25.3 Å². The van der Waals surface area contributed by atoms with Crippen LogP contribution >= 0.6 is 0 Å². The summed E-state index contributed by atoms with van der Waals surface area (Å²) in [5.41, 5.74) is 1.05. The maximum Gasteiger partial charge on any atom is 0.307 e. The molecule has 0 aromatic heterocycles. The van der Waals surface area contributed by atoms with E-state index in [4.69, 9.17) is 4.74 Å². The van der Waals surface area contributed by atoms with Gasteiger partial charge in [-0.3, -0.25) is 4.79 Å². The lowest BCUT2D eigenvalue weighted by Crippen LogP contribution is -2.31. The van der Waals surface area contributed by atoms with Crippen LogP contribution in [0.2, 0.25) is 0 Å². The first kappa shape index (κ1) is 11.8. The minimum Gasteiger partial charge on any atom is -0.508 e. The number of ether oxygens (including phenoxy) is 1. The Morgan fingerprint density at radius 3 is 2.82 bits per heavy atom. The first-order chi connectivity index (χ1) is 8.20. The Balaban J connectivity index is 2.08. The van der Waals surface area contributed by atoms with Gasteiger partial charge in [0.2, 0.25) is 0 Å². The van der Waals surface area contributed by atoms with E-state index in [0.717, 1.165) is 25.1 Å². The van der Waals surface area contributed by atoms with Gasteiger partial charge in [0.15, 0.2) is 0 Å². The first-order valence-corrected chi connectivity index (χ1v) is 5.83. The fraction of sp³-hybridized carbons (Fsp3) is 0.462. The van der Waals surface area contributed by atoms with E-state index in [1.54, 1.807) is 12.1 Å². The lowest BCUT2D eigenvalue weighted by molar-refractivity contribution is -0.140. The normalized spacial score (nSPS) is 19.4. The number of carbonyl (C=O) groups is 1. The fourth-order valence-electron chi connectivity index (χ4n) is 2.31. The smallest absolute Gasteiger partial charge is 0.307 e. The largest absolute Gasteiger partial charge is 0.508 e. The van der Waals surface area contributed by atoms with Crippen LogP contribution in [0.4, 0.5) is 5.69 Å². The van der Waals surface area contributed by atoms with Gasteiger partial charge in [-0.2, -0.15) is 0 Å². The van der Waals surface area contributed by atoms with Gasteiger partial charge in [-0.25, -0.2) is 0 Å². The van der Waals surface area contributed by atoms with E-state index in [0.29, 0.717) is 6.42 Å². The summed E-state index contributed by atoms with van der Waals surface area (Å²) >= 11 is 0. The molecule has 0 spiro atoms. The zero-order chi connectivity index (χ0) is 12.3. The van der Waals surface area contributed by atoms with Crippen LogP contribution in [0.1, 0.15) is 19.3 Å². The third-order valence-electron chi connectivity index (χ3n) is 3.19. The molecule has 0 unspecified atom stereocenters. The molecule has 1 saturated heterocycles. The first-order valence-electron chi connectivity index (χ1n) is 5.83. The number of methoxy groups -OCH3 is 1. The average Bonchev–Trinajstić information content (AvgIpc) is 2.78.